The third kappa shape index (κ3) is 2.97. The molecule has 3 rings (SSSR count). The molecule has 0 bridgehead atoms. The van der Waals surface area contributed by atoms with Crippen LogP contribution in [-0.4, -0.2) is 39.0 Å². The van der Waals surface area contributed by atoms with Crippen molar-refractivity contribution in [3.05, 3.63) is 18.0 Å². The minimum atomic E-state index is -4.32. The van der Waals surface area contributed by atoms with Gasteiger partial charge in [-0.15, -0.1) is 0 Å². The first-order chi connectivity index (χ1) is 10.3. The Morgan fingerprint density at radius 2 is 2.00 bits per heavy atom. The molecule has 1 fully saturated rings. The van der Waals surface area contributed by atoms with E-state index in [0.717, 1.165) is 24.2 Å². The third-order valence-corrected chi connectivity index (χ3v) is 3.47. The van der Waals surface area contributed by atoms with Gasteiger partial charge in [-0.25, -0.2) is 4.98 Å². The maximum absolute atomic E-state index is 12.5. The van der Waals surface area contributed by atoms with Crippen molar-refractivity contribution < 1.29 is 13.2 Å². The van der Waals surface area contributed by atoms with Gasteiger partial charge in [-0.1, -0.05) is 0 Å². The van der Waals surface area contributed by atoms with Gasteiger partial charge in [0.15, 0.2) is 0 Å². The normalized spacial score (nSPS) is 15.0. The molecule has 0 spiro atoms. The van der Waals surface area contributed by atoms with E-state index in [1.807, 2.05) is 4.90 Å². The highest BCUT2D eigenvalue weighted by molar-refractivity contribution is 5.66. The molecule has 0 saturated carbocycles. The molecule has 0 unspecified atom stereocenters. The van der Waals surface area contributed by atoms with E-state index >= 15 is 0 Å². The molecular weight excluding hydrogens is 297 g/mol. The molecule has 0 atom stereocenters. The lowest BCUT2D eigenvalue weighted by molar-refractivity contribution is -0.142. The van der Waals surface area contributed by atoms with Crippen LogP contribution in [0.3, 0.4) is 0 Å². The van der Waals surface area contributed by atoms with E-state index in [0.29, 0.717) is 22.8 Å². The van der Waals surface area contributed by atoms with Crippen LogP contribution in [-0.2, 0) is 6.54 Å². The second-order valence-electron chi connectivity index (χ2n) is 5.25. The van der Waals surface area contributed by atoms with Gasteiger partial charge in [0.2, 0.25) is 5.95 Å². The summed E-state index contributed by atoms with van der Waals surface area (Å²) >= 11 is 0. The third-order valence-electron chi connectivity index (χ3n) is 3.47. The van der Waals surface area contributed by atoms with Crippen LogP contribution in [0.15, 0.2) is 12.3 Å². The molecule has 2 N–H and O–H groups in total. The summed E-state index contributed by atoms with van der Waals surface area (Å²) in [4.78, 5) is 10.3. The first-order valence-corrected chi connectivity index (χ1v) is 6.82. The van der Waals surface area contributed by atoms with Crippen LogP contribution in [0.1, 0.15) is 12.1 Å². The molecule has 6 nitrogen and oxygen atoms in total. The summed E-state index contributed by atoms with van der Waals surface area (Å²) in [6.45, 7) is 2.29. The highest BCUT2D eigenvalue weighted by atomic mass is 19.4. The van der Waals surface area contributed by atoms with Gasteiger partial charge in [0, 0.05) is 30.9 Å². The van der Waals surface area contributed by atoms with Crippen LogP contribution >= 0.6 is 0 Å². The van der Waals surface area contributed by atoms with E-state index < -0.39 is 12.7 Å². The zero-order valence-electron chi connectivity index (χ0n) is 11.9. The molecule has 1 saturated heterocycles. The number of nitrogens with two attached hydrogens (primary N) is 1. The van der Waals surface area contributed by atoms with Gasteiger partial charge < -0.3 is 10.6 Å². The summed E-state index contributed by atoms with van der Waals surface area (Å²) in [5, 5.41) is 3.89. The number of nitrogen functional groups attached to an aromatic ring is 1. The van der Waals surface area contributed by atoms with Crippen molar-refractivity contribution in [2.24, 2.45) is 0 Å². The van der Waals surface area contributed by atoms with Crippen LogP contribution in [0, 0.1) is 6.92 Å². The molecule has 3 heterocycles. The second kappa shape index (κ2) is 5.15. The summed E-state index contributed by atoms with van der Waals surface area (Å²) in [5.41, 5.74) is 7.20. The molecule has 1 aliphatic heterocycles. The lowest BCUT2D eigenvalue weighted by Crippen LogP contribution is -2.37. The van der Waals surface area contributed by atoms with Gasteiger partial charge >= 0.3 is 6.18 Å². The average molecular weight is 312 g/mol. The van der Waals surface area contributed by atoms with E-state index in [2.05, 4.69) is 15.1 Å². The summed E-state index contributed by atoms with van der Waals surface area (Å²) in [5.74, 6) is 0.791. The average Bonchev–Trinajstić information content (AvgIpc) is 2.64. The zero-order valence-corrected chi connectivity index (χ0v) is 11.9. The lowest BCUT2D eigenvalue weighted by Gasteiger charge is -2.32. The number of rotatable bonds is 3. The Balaban J connectivity index is 1.95. The fourth-order valence-electron chi connectivity index (χ4n) is 2.33. The first-order valence-electron chi connectivity index (χ1n) is 6.82. The summed E-state index contributed by atoms with van der Waals surface area (Å²) in [7, 11) is 0. The van der Waals surface area contributed by atoms with Crippen LogP contribution < -0.4 is 10.6 Å². The number of hydrogen-bond acceptors (Lipinski definition) is 5. The van der Waals surface area contributed by atoms with E-state index in [9.17, 15) is 13.2 Å². The van der Waals surface area contributed by atoms with Crippen molar-refractivity contribution in [1.82, 2.24) is 19.7 Å². The van der Waals surface area contributed by atoms with Gasteiger partial charge in [-0.2, -0.15) is 23.3 Å². The van der Waals surface area contributed by atoms with Crippen LogP contribution in [0.2, 0.25) is 0 Å². The Labute approximate surface area is 124 Å². The van der Waals surface area contributed by atoms with Crippen LogP contribution in [0.25, 0.3) is 11.3 Å². The van der Waals surface area contributed by atoms with E-state index in [1.54, 1.807) is 13.0 Å². The van der Waals surface area contributed by atoms with Gasteiger partial charge in [-0.05, 0) is 13.3 Å². The van der Waals surface area contributed by atoms with Gasteiger partial charge in [0.25, 0.3) is 0 Å². The minimum Gasteiger partial charge on any atom is -0.368 e. The maximum Gasteiger partial charge on any atom is 0.408 e. The van der Waals surface area contributed by atoms with E-state index in [-0.39, 0.29) is 5.95 Å². The van der Waals surface area contributed by atoms with Crippen molar-refractivity contribution in [1.29, 1.82) is 0 Å². The van der Waals surface area contributed by atoms with Crippen molar-refractivity contribution in [2.45, 2.75) is 26.1 Å². The number of aromatic nitrogens is 4. The van der Waals surface area contributed by atoms with Gasteiger partial charge in [0.1, 0.15) is 12.4 Å². The Morgan fingerprint density at radius 1 is 1.27 bits per heavy atom. The monoisotopic (exact) mass is 312 g/mol. The molecular formula is C13H15F3N6. The highest BCUT2D eigenvalue weighted by Gasteiger charge is 2.29. The Hall–Kier alpha value is -2.32. The number of nitrogens with zero attached hydrogens (tertiary/aromatic N) is 5. The zero-order chi connectivity index (χ0) is 15.9. The van der Waals surface area contributed by atoms with Crippen molar-refractivity contribution >= 4 is 11.8 Å². The Bertz CT molecular complexity index is 690. The number of hydrogen-bond donors (Lipinski definition) is 1. The molecule has 0 aliphatic carbocycles. The van der Waals surface area contributed by atoms with Gasteiger partial charge in [-0.3, -0.25) is 4.68 Å². The molecule has 2 aromatic heterocycles. The minimum absolute atomic E-state index is 0.0994. The largest absolute Gasteiger partial charge is 0.408 e. The van der Waals surface area contributed by atoms with Crippen molar-refractivity contribution in [3.8, 4) is 11.3 Å². The SMILES string of the molecule is Cc1nn(CC(F)(F)F)cc1-c1cc(N2CCC2)nc(N)n1. The summed E-state index contributed by atoms with van der Waals surface area (Å²) in [6.07, 6.45) is -1.89. The maximum atomic E-state index is 12.5. The standard InChI is InChI=1S/C13H15F3N6/c1-8-9(6-22(20-8)7-13(14,15)16)10-5-11(19-12(17)18-10)21-3-2-4-21/h5-6H,2-4,7H2,1H3,(H2,17,18,19). The van der Waals surface area contributed by atoms with E-state index in [4.69, 9.17) is 5.73 Å². The number of anilines is 2. The highest BCUT2D eigenvalue weighted by Crippen LogP contribution is 2.28. The van der Waals surface area contributed by atoms with Gasteiger partial charge in [0.05, 0.1) is 11.4 Å². The fraction of sp³-hybridized carbons (Fsp3) is 0.462. The molecule has 1 aliphatic rings. The number of halogens is 3. The number of alkyl halides is 3. The lowest BCUT2D eigenvalue weighted by atomic mass is 10.1. The van der Waals surface area contributed by atoms with E-state index in [1.165, 1.54) is 6.20 Å². The molecule has 0 radical (unpaired) electrons. The molecule has 9 heteroatoms. The van der Waals surface area contributed by atoms with Crippen molar-refractivity contribution in [2.75, 3.05) is 23.7 Å². The van der Waals surface area contributed by atoms with Crippen LogP contribution in [0.5, 0.6) is 0 Å². The Kier molecular flexibility index (Phi) is 3.42. The molecule has 118 valence electrons. The van der Waals surface area contributed by atoms with Crippen molar-refractivity contribution in [3.63, 3.8) is 0 Å². The molecule has 22 heavy (non-hydrogen) atoms. The molecule has 0 aromatic carbocycles. The topological polar surface area (TPSA) is 72.9 Å². The summed E-state index contributed by atoms with van der Waals surface area (Å²) in [6, 6.07) is 1.73. The molecule has 0 amide bonds. The number of aryl methyl sites for hydroxylation is 1. The predicted molar refractivity (Wildman–Crippen MR) is 75.3 cm³/mol. The smallest absolute Gasteiger partial charge is 0.368 e. The fourth-order valence-corrected chi connectivity index (χ4v) is 2.33. The second-order valence-corrected chi connectivity index (χ2v) is 5.25. The predicted octanol–water partition coefficient (Wildman–Crippen LogP) is 2.00. The first kappa shape index (κ1) is 14.6. The molecule has 2 aromatic rings. The Morgan fingerprint density at radius 3 is 2.59 bits per heavy atom. The summed E-state index contributed by atoms with van der Waals surface area (Å²) < 4.78 is 38.2. The van der Waals surface area contributed by atoms with Crippen LogP contribution in [0.4, 0.5) is 24.9 Å². The quantitative estimate of drug-likeness (QED) is 0.938.